The van der Waals surface area contributed by atoms with Gasteiger partial charge in [0.05, 0.1) is 5.69 Å². The Hall–Kier alpha value is -1.05. The molecule has 1 aromatic heterocycles. The van der Waals surface area contributed by atoms with Crippen LogP contribution < -0.4 is 4.74 Å². The number of hydrogen-bond donors (Lipinski definition) is 0. The van der Waals surface area contributed by atoms with E-state index in [1.54, 1.807) is 0 Å². The number of aryl methyl sites for hydroxylation is 1. The average molecular weight is 221 g/mol. The summed E-state index contributed by atoms with van der Waals surface area (Å²) in [5.74, 6) is 0.894. The summed E-state index contributed by atoms with van der Waals surface area (Å²) in [4.78, 5) is 4.60. The molecule has 0 radical (unpaired) electrons. The summed E-state index contributed by atoms with van der Waals surface area (Å²) in [6.07, 6.45) is 0. The zero-order chi connectivity index (χ0) is 12.6. The van der Waals surface area contributed by atoms with Crippen molar-refractivity contribution in [2.75, 3.05) is 0 Å². The number of nitrogens with zero attached hydrogens (tertiary/aromatic N) is 1. The molecule has 1 aromatic rings. The van der Waals surface area contributed by atoms with Gasteiger partial charge in [0.1, 0.15) is 11.4 Å². The topological polar surface area (TPSA) is 22.1 Å². The van der Waals surface area contributed by atoms with Crippen LogP contribution >= 0.6 is 0 Å². The van der Waals surface area contributed by atoms with Crippen LogP contribution in [0, 0.1) is 6.92 Å². The molecule has 0 saturated carbocycles. The lowest BCUT2D eigenvalue weighted by Crippen LogP contribution is -2.26. The third-order valence-electron chi connectivity index (χ3n) is 2.12. The third-order valence-corrected chi connectivity index (χ3v) is 2.12. The SMILES string of the molecule is Cc1ccc(OC(C)(C)C)c(C(C)(C)C)n1. The van der Waals surface area contributed by atoms with E-state index in [1.165, 1.54) is 0 Å². The predicted molar refractivity (Wildman–Crippen MR) is 68.1 cm³/mol. The number of hydrogen-bond acceptors (Lipinski definition) is 2. The summed E-state index contributed by atoms with van der Waals surface area (Å²) in [7, 11) is 0. The standard InChI is InChI=1S/C14H23NO/c1-10-8-9-11(16-14(5,6)7)12(15-10)13(2,3)4/h8-9H,1-7H3. The minimum atomic E-state index is -0.184. The smallest absolute Gasteiger partial charge is 0.142 e. The van der Waals surface area contributed by atoms with Gasteiger partial charge in [-0.1, -0.05) is 20.8 Å². The van der Waals surface area contributed by atoms with Gasteiger partial charge < -0.3 is 4.74 Å². The molecule has 0 bridgehead atoms. The van der Waals surface area contributed by atoms with Gasteiger partial charge in [0.2, 0.25) is 0 Å². The van der Waals surface area contributed by atoms with Crippen molar-refractivity contribution in [2.45, 2.75) is 59.5 Å². The number of ether oxygens (including phenoxy) is 1. The zero-order valence-corrected chi connectivity index (χ0v) is 11.5. The molecule has 1 rings (SSSR count). The van der Waals surface area contributed by atoms with Crippen molar-refractivity contribution < 1.29 is 4.74 Å². The van der Waals surface area contributed by atoms with Crippen molar-refractivity contribution in [3.05, 3.63) is 23.5 Å². The molecule has 0 amide bonds. The maximum absolute atomic E-state index is 5.95. The van der Waals surface area contributed by atoms with E-state index >= 15 is 0 Å². The lowest BCUT2D eigenvalue weighted by Gasteiger charge is -2.27. The maximum atomic E-state index is 5.95. The summed E-state index contributed by atoms with van der Waals surface area (Å²) in [5, 5.41) is 0. The molecular formula is C14H23NO. The second-order valence-corrected chi connectivity index (χ2v) is 6.26. The monoisotopic (exact) mass is 221 g/mol. The molecule has 2 heteroatoms. The fourth-order valence-electron chi connectivity index (χ4n) is 1.49. The van der Waals surface area contributed by atoms with Crippen LogP contribution in [0.15, 0.2) is 12.1 Å². The molecule has 0 atom stereocenters. The van der Waals surface area contributed by atoms with Gasteiger partial charge in [-0.05, 0) is 39.8 Å². The highest BCUT2D eigenvalue weighted by atomic mass is 16.5. The first-order chi connectivity index (χ1) is 7.09. The van der Waals surface area contributed by atoms with Gasteiger partial charge in [-0.3, -0.25) is 4.98 Å². The molecule has 0 aromatic carbocycles. The van der Waals surface area contributed by atoms with Crippen LogP contribution in [-0.4, -0.2) is 10.6 Å². The number of aromatic nitrogens is 1. The summed E-state index contributed by atoms with van der Waals surface area (Å²) in [6.45, 7) is 14.6. The molecular weight excluding hydrogens is 198 g/mol. The van der Waals surface area contributed by atoms with Crippen molar-refractivity contribution in [2.24, 2.45) is 0 Å². The number of pyridine rings is 1. The van der Waals surface area contributed by atoms with Crippen LogP contribution in [0.4, 0.5) is 0 Å². The van der Waals surface area contributed by atoms with Gasteiger partial charge in [0.25, 0.3) is 0 Å². The van der Waals surface area contributed by atoms with Crippen molar-refractivity contribution in [1.82, 2.24) is 4.98 Å². The highest BCUT2D eigenvalue weighted by Gasteiger charge is 2.23. The first-order valence-corrected chi connectivity index (χ1v) is 5.77. The van der Waals surface area contributed by atoms with Crippen molar-refractivity contribution in [1.29, 1.82) is 0 Å². The zero-order valence-electron chi connectivity index (χ0n) is 11.5. The van der Waals surface area contributed by atoms with E-state index in [4.69, 9.17) is 4.74 Å². The Morgan fingerprint density at radius 1 is 1.00 bits per heavy atom. The van der Waals surface area contributed by atoms with Crippen LogP contribution in [0.1, 0.15) is 52.9 Å². The van der Waals surface area contributed by atoms with Crippen molar-refractivity contribution >= 4 is 0 Å². The highest BCUT2D eigenvalue weighted by molar-refractivity contribution is 5.34. The summed E-state index contributed by atoms with van der Waals surface area (Å²) in [5.41, 5.74) is 1.89. The molecule has 2 nitrogen and oxygen atoms in total. The van der Waals surface area contributed by atoms with Gasteiger partial charge in [-0.25, -0.2) is 0 Å². The second kappa shape index (κ2) is 4.08. The molecule has 0 spiro atoms. The first kappa shape index (κ1) is 13.0. The lowest BCUT2D eigenvalue weighted by atomic mass is 9.90. The van der Waals surface area contributed by atoms with Gasteiger partial charge in [-0.15, -0.1) is 0 Å². The molecule has 16 heavy (non-hydrogen) atoms. The number of rotatable bonds is 1. The molecule has 0 aliphatic heterocycles. The van der Waals surface area contributed by atoms with Crippen LogP contribution in [-0.2, 0) is 5.41 Å². The lowest BCUT2D eigenvalue weighted by molar-refractivity contribution is 0.126. The Balaban J connectivity index is 3.19. The van der Waals surface area contributed by atoms with Crippen LogP contribution in [0.2, 0.25) is 0 Å². The van der Waals surface area contributed by atoms with E-state index in [9.17, 15) is 0 Å². The van der Waals surface area contributed by atoms with E-state index in [0.717, 1.165) is 17.1 Å². The summed E-state index contributed by atoms with van der Waals surface area (Å²) >= 11 is 0. The largest absolute Gasteiger partial charge is 0.486 e. The van der Waals surface area contributed by atoms with Crippen LogP contribution in [0.3, 0.4) is 0 Å². The normalized spacial score (nSPS) is 12.7. The van der Waals surface area contributed by atoms with E-state index in [-0.39, 0.29) is 11.0 Å². The second-order valence-electron chi connectivity index (χ2n) is 6.26. The van der Waals surface area contributed by atoms with E-state index in [2.05, 4.69) is 46.5 Å². The van der Waals surface area contributed by atoms with E-state index in [1.807, 2.05) is 19.1 Å². The molecule has 90 valence electrons. The molecule has 0 saturated heterocycles. The molecule has 1 heterocycles. The van der Waals surface area contributed by atoms with Gasteiger partial charge in [-0.2, -0.15) is 0 Å². The van der Waals surface area contributed by atoms with Gasteiger partial charge in [0, 0.05) is 11.1 Å². The molecule has 0 unspecified atom stereocenters. The predicted octanol–water partition coefficient (Wildman–Crippen LogP) is 3.86. The minimum absolute atomic E-state index is 0.00655. The minimum Gasteiger partial charge on any atom is -0.486 e. The maximum Gasteiger partial charge on any atom is 0.142 e. The molecule has 0 fully saturated rings. The Bertz CT molecular complexity index is 369. The quantitative estimate of drug-likeness (QED) is 0.718. The Labute approximate surface area is 99.0 Å². The molecule has 0 N–H and O–H groups in total. The third kappa shape index (κ3) is 3.51. The fourth-order valence-corrected chi connectivity index (χ4v) is 1.49. The fraction of sp³-hybridized carbons (Fsp3) is 0.643. The van der Waals surface area contributed by atoms with Gasteiger partial charge in [0.15, 0.2) is 0 Å². The first-order valence-electron chi connectivity index (χ1n) is 5.77. The molecule has 0 aliphatic carbocycles. The van der Waals surface area contributed by atoms with Crippen LogP contribution in [0.25, 0.3) is 0 Å². The van der Waals surface area contributed by atoms with Crippen molar-refractivity contribution in [3.63, 3.8) is 0 Å². The average Bonchev–Trinajstić information content (AvgIpc) is 2.04. The Morgan fingerprint density at radius 3 is 2.00 bits per heavy atom. The molecule has 0 aliphatic rings. The van der Waals surface area contributed by atoms with Crippen molar-refractivity contribution in [3.8, 4) is 5.75 Å². The van der Waals surface area contributed by atoms with E-state index < -0.39 is 0 Å². The van der Waals surface area contributed by atoms with Crippen LogP contribution in [0.5, 0.6) is 5.75 Å². The highest BCUT2D eigenvalue weighted by Crippen LogP contribution is 2.31. The Morgan fingerprint density at radius 2 is 1.56 bits per heavy atom. The Kier molecular flexibility index (Phi) is 3.32. The van der Waals surface area contributed by atoms with Gasteiger partial charge >= 0.3 is 0 Å². The summed E-state index contributed by atoms with van der Waals surface area (Å²) in [6, 6.07) is 4.02. The summed E-state index contributed by atoms with van der Waals surface area (Å²) < 4.78 is 5.95. The van der Waals surface area contributed by atoms with E-state index in [0.29, 0.717) is 0 Å².